The van der Waals surface area contributed by atoms with Crippen LogP contribution >= 0.6 is 0 Å². The van der Waals surface area contributed by atoms with Gasteiger partial charge in [-0.3, -0.25) is 38.4 Å². The third-order valence-corrected chi connectivity index (χ3v) is 5.96. The van der Waals surface area contributed by atoms with E-state index in [0.29, 0.717) is 0 Å². The van der Waals surface area contributed by atoms with Crippen LogP contribution in [0.15, 0.2) is 0 Å². The molecule has 4 atom stereocenters. The molecular formula is C18H22N2O14. The molecule has 6 N–H and O–H groups in total. The second kappa shape index (κ2) is 9.72. The summed E-state index contributed by atoms with van der Waals surface area (Å²) in [4.78, 5) is 95.6. The van der Waals surface area contributed by atoms with Gasteiger partial charge < -0.3 is 40.4 Å². The van der Waals surface area contributed by atoms with Crippen LogP contribution in [0.25, 0.3) is 0 Å². The van der Waals surface area contributed by atoms with Gasteiger partial charge in [-0.05, 0) is 13.8 Å². The van der Waals surface area contributed by atoms with Gasteiger partial charge in [0.15, 0.2) is 0 Å². The van der Waals surface area contributed by atoms with Crippen LogP contribution in [0.3, 0.4) is 0 Å². The first-order valence-electron chi connectivity index (χ1n) is 9.34. The van der Waals surface area contributed by atoms with E-state index in [4.69, 9.17) is 20.4 Å². The Bertz CT molecular complexity index is 852. The molecule has 0 bridgehead atoms. The average Bonchev–Trinajstić information content (AvgIpc) is 2.66. The van der Waals surface area contributed by atoms with Gasteiger partial charge in [-0.25, -0.2) is 0 Å². The Kier molecular flexibility index (Phi) is 7.94. The number of amides is 2. The molecule has 16 heteroatoms. The van der Waals surface area contributed by atoms with Crippen LogP contribution in [-0.2, 0) is 38.4 Å². The van der Waals surface area contributed by atoms with Gasteiger partial charge in [0, 0.05) is 0 Å². The van der Waals surface area contributed by atoms with Crippen LogP contribution < -0.4 is 0 Å². The molecule has 0 aromatic carbocycles. The van der Waals surface area contributed by atoms with Crippen LogP contribution in [0, 0.1) is 22.7 Å². The van der Waals surface area contributed by atoms with E-state index in [2.05, 4.69) is 0 Å². The second-order valence-corrected chi connectivity index (χ2v) is 7.93. The Morgan fingerprint density at radius 3 is 0.882 bits per heavy atom. The highest BCUT2D eigenvalue weighted by atomic mass is 16.4. The van der Waals surface area contributed by atoms with E-state index in [1.54, 1.807) is 0 Å². The van der Waals surface area contributed by atoms with Crippen molar-refractivity contribution in [1.82, 2.24) is 9.80 Å². The van der Waals surface area contributed by atoms with Crippen molar-refractivity contribution in [3.63, 3.8) is 0 Å². The van der Waals surface area contributed by atoms with Gasteiger partial charge in [-0.1, -0.05) is 0 Å². The molecule has 0 radical (unpaired) electrons. The smallest absolute Gasteiger partial charge is 0.323 e. The molecule has 0 aliphatic heterocycles. The molecular weight excluding hydrogens is 468 g/mol. The topological polar surface area (TPSA) is 264 Å². The molecule has 2 amide bonds. The molecule has 4 unspecified atom stereocenters. The van der Waals surface area contributed by atoms with E-state index in [0.717, 1.165) is 13.8 Å². The third kappa shape index (κ3) is 4.74. The van der Waals surface area contributed by atoms with E-state index in [1.807, 2.05) is 0 Å². The minimum absolute atomic E-state index is 0.197. The average molecular weight is 490 g/mol. The summed E-state index contributed by atoms with van der Waals surface area (Å²) >= 11 is 0. The van der Waals surface area contributed by atoms with Gasteiger partial charge >= 0.3 is 35.8 Å². The molecule has 1 saturated carbocycles. The molecule has 0 aromatic heterocycles. The predicted molar refractivity (Wildman–Crippen MR) is 102 cm³/mol. The van der Waals surface area contributed by atoms with Gasteiger partial charge in [-0.15, -0.1) is 0 Å². The summed E-state index contributed by atoms with van der Waals surface area (Å²) in [5.41, 5.74) is -5.20. The summed E-state index contributed by atoms with van der Waals surface area (Å²) in [6.07, 6.45) is 0. The second-order valence-electron chi connectivity index (χ2n) is 7.93. The molecule has 0 aromatic rings. The molecule has 0 heterocycles. The summed E-state index contributed by atoms with van der Waals surface area (Å²) in [5, 5.41) is 55.5. The number of carboxylic acid groups (broad SMARTS) is 6. The summed E-state index contributed by atoms with van der Waals surface area (Å²) in [6.45, 7) is -3.37. The van der Waals surface area contributed by atoms with Gasteiger partial charge in [0.05, 0.1) is 22.7 Å². The SMILES string of the molecule is CC1(C(=O)N(CC(=O)O)CC(=O)O)C(C(=O)O)C(C(=O)O)C1(C)C(=O)N(CC(=O)O)CC(=O)O. The highest BCUT2D eigenvalue weighted by Crippen LogP contribution is 2.66. The maximum atomic E-state index is 13.3. The first-order valence-corrected chi connectivity index (χ1v) is 9.34. The van der Waals surface area contributed by atoms with Crippen molar-refractivity contribution in [3.8, 4) is 0 Å². The van der Waals surface area contributed by atoms with Crippen LogP contribution in [0.1, 0.15) is 13.8 Å². The zero-order valence-corrected chi connectivity index (χ0v) is 17.8. The molecule has 1 rings (SSSR count). The van der Waals surface area contributed by atoms with Crippen molar-refractivity contribution in [2.75, 3.05) is 26.2 Å². The number of rotatable bonds is 12. The largest absolute Gasteiger partial charge is 0.481 e. The van der Waals surface area contributed by atoms with E-state index in [9.17, 15) is 48.6 Å². The maximum Gasteiger partial charge on any atom is 0.323 e. The van der Waals surface area contributed by atoms with Crippen molar-refractivity contribution in [1.29, 1.82) is 0 Å². The molecule has 188 valence electrons. The van der Waals surface area contributed by atoms with Gasteiger partial charge in [-0.2, -0.15) is 0 Å². The zero-order valence-electron chi connectivity index (χ0n) is 17.8. The Labute approximate surface area is 190 Å². The lowest BCUT2D eigenvalue weighted by Crippen LogP contribution is -2.77. The standard InChI is InChI=1S/C18H22N2O14/c1-17(15(33)19(3-7(21)22)4-8(23)24)11(13(29)30)12(14(31)32)18(17,2)16(34)20(5-9(25)26)6-10(27)28/h11-12H,3-6H2,1-2H3,(H,21,22)(H,23,24)(H,25,26)(H,27,28)(H,29,30)(H,31,32). The fourth-order valence-corrected chi connectivity index (χ4v) is 4.41. The predicted octanol–water partition coefficient (Wildman–Crippen LogP) is -2.59. The van der Waals surface area contributed by atoms with Crippen LogP contribution in [0.2, 0.25) is 0 Å². The number of aliphatic carboxylic acids is 6. The summed E-state index contributed by atoms with van der Waals surface area (Å²) in [7, 11) is 0. The quantitative estimate of drug-likeness (QED) is 0.164. The first kappa shape index (κ1) is 27.8. The fourth-order valence-electron chi connectivity index (χ4n) is 4.41. The number of hydrogen-bond acceptors (Lipinski definition) is 8. The molecule has 1 aliphatic carbocycles. The van der Waals surface area contributed by atoms with Gasteiger partial charge in [0.2, 0.25) is 11.8 Å². The van der Waals surface area contributed by atoms with Crippen LogP contribution in [-0.4, -0.2) is 114 Å². The number of hydrogen-bond donors (Lipinski definition) is 6. The maximum absolute atomic E-state index is 13.3. The zero-order chi connectivity index (χ0) is 26.8. The Hall–Kier alpha value is -4.24. The minimum Gasteiger partial charge on any atom is -0.481 e. The molecule has 0 spiro atoms. The van der Waals surface area contributed by atoms with Crippen molar-refractivity contribution in [2.24, 2.45) is 22.7 Å². The summed E-state index contributed by atoms with van der Waals surface area (Å²) in [6, 6.07) is 0. The third-order valence-electron chi connectivity index (χ3n) is 5.96. The summed E-state index contributed by atoms with van der Waals surface area (Å²) < 4.78 is 0. The lowest BCUT2D eigenvalue weighted by Gasteiger charge is -2.62. The van der Waals surface area contributed by atoms with E-state index in [-0.39, 0.29) is 9.80 Å². The van der Waals surface area contributed by atoms with Gasteiger partial charge in [0.1, 0.15) is 26.2 Å². The molecule has 34 heavy (non-hydrogen) atoms. The number of nitrogens with zero attached hydrogens (tertiary/aromatic N) is 2. The summed E-state index contributed by atoms with van der Waals surface area (Å²) in [5.74, 6) is -18.0. The van der Waals surface area contributed by atoms with Crippen molar-refractivity contribution in [3.05, 3.63) is 0 Å². The van der Waals surface area contributed by atoms with Crippen LogP contribution in [0.5, 0.6) is 0 Å². The first-order chi connectivity index (χ1) is 15.4. The van der Waals surface area contributed by atoms with Crippen molar-refractivity contribution < 1.29 is 69.0 Å². The fraction of sp³-hybridized carbons (Fsp3) is 0.556. The lowest BCUT2D eigenvalue weighted by atomic mass is 9.38. The Morgan fingerprint density at radius 1 is 0.529 bits per heavy atom. The molecule has 16 nitrogen and oxygen atoms in total. The lowest BCUT2D eigenvalue weighted by molar-refractivity contribution is -0.227. The van der Waals surface area contributed by atoms with E-state index < -0.39 is 96.5 Å². The molecule has 1 aliphatic rings. The minimum atomic E-state index is -2.60. The van der Waals surface area contributed by atoms with Gasteiger partial charge in [0.25, 0.3) is 0 Å². The normalized spacial score (nSPS) is 25.4. The van der Waals surface area contributed by atoms with Crippen molar-refractivity contribution in [2.45, 2.75) is 13.8 Å². The Morgan fingerprint density at radius 2 is 0.735 bits per heavy atom. The van der Waals surface area contributed by atoms with E-state index in [1.165, 1.54) is 0 Å². The highest BCUT2D eigenvalue weighted by Gasteiger charge is 2.79. The van der Waals surface area contributed by atoms with Crippen LogP contribution in [0.4, 0.5) is 0 Å². The highest BCUT2D eigenvalue weighted by molar-refractivity contribution is 6.06. The Balaban J connectivity index is 3.79. The molecule has 1 fully saturated rings. The number of carbonyl (C=O) groups excluding carboxylic acids is 2. The number of carbonyl (C=O) groups is 8. The number of carboxylic acids is 6. The monoisotopic (exact) mass is 490 g/mol. The van der Waals surface area contributed by atoms with Crippen molar-refractivity contribution >= 4 is 47.6 Å². The molecule has 0 saturated heterocycles. The van der Waals surface area contributed by atoms with E-state index >= 15 is 0 Å².